The molecule has 0 atom stereocenters. The van der Waals surface area contributed by atoms with Crippen LogP contribution in [-0.2, 0) is 17.1 Å². The Balaban J connectivity index is 0. The molecule has 3 heteroatoms. The van der Waals surface area contributed by atoms with E-state index in [1.165, 1.54) is 6.08 Å². The zero-order chi connectivity index (χ0) is 6.24. The summed E-state index contributed by atoms with van der Waals surface area (Å²) in [5.74, 6) is 0. The SMILES string of the molecule is C=C[CH2-].[Cu+2].[c-]1ncc[nH]1. The molecule has 0 unspecified atom stereocenters. The fourth-order valence-electron chi connectivity index (χ4n) is 0.186. The minimum absolute atomic E-state index is 0. The van der Waals surface area contributed by atoms with Crippen LogP contribution in [0.25, 0.3) is 0 Å². The number of nitrogens with zero attached hydrogens (tertiary/aromatic N) is 1. The second kappa shape index (κ2) is 10.3. The number of hydrogen-bond acceptors (Lipinski definition) is 1. The Hall–Kier alpha value is -0.661. The van der Waals surface area contributed by atoms with Gasteiger partial charge < -0.3 is 9.97 Å². The van der Waals surface area contributed by atoms with Gasteiger partial charge in [0.25, 0.3) is 0 Å². The number of rotatable bonds is 0. The van der Waals surface area contributed by atoms with Crippen LogP contribution >= 0.6 is 0 Å². The summed E-state index contributed by atoms with van der Waals surface area (Å²) in [6, 6.07) is 0. The largest absolute Gasteiger partial charge is 2.00 e. The average molecular weight is 172 g/mol. The second-order valence-electron chi connectivity index (χ2n) is 0.990. The maximum absolute atomic E-state index is 3.54. The third kappa shape index (κ3) is 11.1. The number of aromatic nitrogens is 2. The third-order valence-corrected chi connectivity index (χ3v) is 0.362. The molecule has 0 aliphatic rings. The molecule has 1 aromatic heterocycles. The Morgan fingerprint density at radius 1 is 1.78 bits per heavy atom. The van der Waals surface area contributed by atoms with E-state index in [1.54, 1.807) is 12.4 Å². The van der Waals surface area contributed by atoms with E-state index in [9.17, 15) is 0 Å². The summed E-state index contributed by atoms with van der Waals surface area (Å²) in [5.41, 5.74) is 0. The van der Waals surface area contributed by atoms with Gasteiger partial charge in [0.05, 0.1) is 0 Å². The Kier molecular flexibility index (Phi) is 12.8. The molecule has 0 saturated heterocycles. The van der Waals surface area contributed by atoms with Crippen LogP contribution in [0, 0.1) is 13.3 Å². The van der Waals surface area contributed by atoms with Crippen molar-refractivity contribution in [3.8, 4) is 0 Å². The molecule has 9 heavy (non-hydrogen) atoms. The van der Waals surface area contributed by atoms with Crippen molar-refractivity contribution in [2.75, 3.05) is 0 Å². The van der Waals surface area contributed by atoms with Crippen LogP contribution in [-0.4, -0.2) is 9.97 Å². The summed E-state index contributed by atoms with van der Waals surface area (Å²) in [6.45, 7) is 6.50. The minimum atomic E-state index is 0. The zero-order valence-corrected chi connectivity index (χ0v) is 5.84. The molecule has 1 radical (unpaired) electrons. The predicted molar refractivity (Wildman–Crippen MR) is 33.0 cm³/mol. The molecule has 0 bridgehead atoms. The summed E-state index contributed by atoms with van der Waals surface area (Å²) < 4.78 is 0. The molecule has 0 aromatic carbocycles. The standard InChI is InChI=1S/C3H3N2.C3H5.Cu/c1-2-5-3-4-1;1-3-2;/h1-2H,(H,4,5);3H,1-2H2;/q2*-1;+2. The third-order valence-electron chi connectivity index (χ3n) is 0.362. The van der Waals surface area contributed by atoms with Gasteiger partial charge in [-0.2, -0.15) is 0 Å². The number of hydrogen-bond donors (Lipinski definition) is 1. The minimum Gasteiger partial charge on any atom is -0.467 e. The molecule has 2 nitrogen and oxygen atoms in total. The fourth-order valence-corrected chi connectivity index (χ4v) is 0.186. The molecular weight excluding hydrogens is 164 g/mol. The maximum atomic E-state index is 3.54. The van der Waals surface area contributed by atoms with Gasteiger partial charge in [-0.15, -0.1) is 12.4 Å². The normalized spacial score (nSPS) is 5.78. The molecule has 1 aromatic rings. The molecule has 0 aliphatic heterocycles. The predicted octanol–water partition coefficient (Wildman–Crippen LogP) is 1.21. The van der Waals surface area contributed by atoms with Crippen molar-refractivity contribution >= 4 is 0 Å². The van der Waals surface area contributed by atoms with E-state index >= 15 is 0 Å². The van der Waals surface area contributed by atoms with Crippen LogP contribution in [0.3, 0.4) is 0 Å². The number of allylic oxidation sites excluding steroid dienone is 1. The molecule has 1 rings (SSSR count). The van der Waals surface area contributed by atoms with E-state index in [4.69, 9.17) is 0 Å². The molecule has 1 N–H and O–H groups in total. The van der Waals surface area contributed by atoms with Gasteiger partial charge in [0.15, 0.2) is 0 Å². The summed E-state index contributed by atoms with van der Waals surface area (Å²) >= 11 is 0. The van der Waals surface area contributed by atoms with Crippen LogP contribution in [0.2, 0.25) is 0 Å². The first-order valence-corrected chi connectivity index (χ1v) is 2.17. The molecule has 0 fully saturated rings. The van der Waals surface area contributed by atoms with Crippen molar-refractivity contribution in [2.24, 2.45) is 0 Å². The average Bonchev–Trinajstić information content (AvgIpc) is 2.17. The van der Waals surface area contributed by atoms with Gasteiger partial charge in [0, 0.05) is 0 Å². The van der Waals surface area contributed by atoms with E-state index in [-0.39, 0.29) is 17.1 Å². The van der Waals surface area contributed by atoms with Gasteiger partial charge in [-0.25, -0.2) is 19.6 Å². The molecule has 53 valence electrons. The van der Waals surface area contributed by atoms with Crippen LogP contribution in [0.15, 0.2) is 25.0 Å². The Morgan fingerprint density at radius 2 is 2.33 bits per heavy atom. The van der Waals surface area contributed by atoms with Crippen LogP contribution in [0.5, 0.6) is 0 Å². The molecule has 0 saturated carbocycles. The van der Waals surface area contributed by atoms with Gasteiger partial charge in [-0.05, 0) is 6.33 Å². The number of H-pyrrole nitrogens is 1. The van der Waals surface area contributed by atoms with Crippen molar-refractivity contribution in [3.05, 3.63) is 38.3 Å². The first-order valence-electron chi connectivity index (χ1n) is 2.17. The Morgan fingerprint density at radius 3 is 2.44 bits per heavy atom. The fraction of sp³-hybridized carbons (Fsp3) is 0. The van der Waals surface area contributed by atoms with E-state index in [0.717, 1.165) is 0 Å². The van der Waals surface area contributed by atoms with Crippen molar-refractivity contribution in [1.82, 2.24) is 9.97 Å². The van der Waals surface area contributed by atoms with Crippen LogP contribution in [0.4, 0.5) is 0 Å². The maximum Gasteiger partial charge on any atom is 2.00 e. The topological polar surface area (TPSA) is 28.7 Å². The van der Waals surface area contributed by atoms with Gasteiger partial charge in [0.2, 0.25) is 0 Å². The first-order chi connectivity index (χ1) is 3.91. The second-order valence-corrected chi connectivity index (χ2v) is 0.990. The van der Waals surface area contributed by atoms with Crippen LogP contribution < -0.4 is 0 Å². The van der Waals surface area contributed by atoms with Crippen molar-refractivity contribution in [2.45, 2.75) is 0 Å². The van der Waals surface area contributed by atoms with E-state index in [0.29, 0.717) is 0 Å². The summed E-state index contributed by atoms with van der Waals surface area (Å²) in [5, 5.41) is 0. The van der Waals surface area contributed by atoms with E-state index in [2.05, 4.69) is 29.8 Å². The van der Waals surface area contributed by atoms with Crippen molar-refractivity contribution in [1.29, 1.82) is 0 Å². The molecule has 0 spiro atoms. The van der Waals surface area contributed by atoms with Crippen molar-refractivity contribution < 1.29 is 17.1 Å². The van der Waals surface area contributed by atoms with Gasteiger partial charge in [-0.3, -0.25) is 0 Å². The van der Waals surface area contributed by atoms with Gasteiger partial charge in [-0.1, -0.05) is 0 Å². The van der Waals surface area contributed by atoms with Gasteiger partial charge >= 0.3 is 17.1 Å². The molecule has 0 amide bonds. The molecule has 1 heterocycles. The Labute approximate surface area is 65.9 Å². The smallest absolute Gasteiger partial charge is 0.467 e. The Bertz CT molecular complexity index is 97.4. The summed E-state index contributed by atoms with van der Waals surface area (Å²) in [4.78, 5) is 6.17. The molecule has 0 aliphatic carbocycles. The molecular formula is C6H8CuN2. The van der Waals surface area contributed by atoms with Crippen molar-refractivity contribution in [3.63, 3.8) is 0 Å². The number of nitrogens with one attached hydrogen (secondary N) is 1. The monoisotopic (exact) mass is 171 g/mol. The van der Waals surface area contributed by atoms with E-state index < -0.39 is 0 Å². The summed E-state index contributed by atoms with van der Waals surface area (Å²) in [7, 11) is 0. The van der Waals surface area contributed by atoms with Gasteiger partial charge in [0.1, 0.15) is 0 Å². The summed E-state index contributed by atoms with van der Waals surface area (Å²) in [6.07, 6.45) is 7.33. The van der Waals surface area contributed by atoms with E-state index in [1.807, 2.05) is 0 Å². The zero-order valence-electron chi connectivity index (χ0n) is 4.89. The first kappa shape index (κ1) is 11.2. The number of aromatic amines is 1. The van der Waals surface area contributed by atoms with Crippen LogP contribution in [0.1, 0.15) is 0 Å². The number of imidazole rings is 1. The quantitative estimate of drug-likeness (QED) is 0.462.